The van der Waals surface area contributed by atoms with E-state index in [4.69, 9.17) is 32.6 Å². The predicted octanol–water partition coefficient (Wildman–Crippen LogP) is -2.65. The van der Waals surface area contributed by atoms with E-state index in [-0.39, 0.29) is 69.9 Å². The zero-order valence-electron chi connectivity index (χ0n) is 42.1. The Morgan fingerprint density at radius 2 is 1.14 bits per heavy atom. The monoisotopic (exact) mass is 1040 g/mol. The van der Waals surface area contributed by atoms with Gasteiger partial charge in [0.15, 0.2) is 5.96 Å². The van der Waals surface area contributed by atoms with Crippen LogP contribution in [0.25, 0.3) is 11.3 Å². The first-order valence-corrected chi connectivity index (χ1v) is 24.4. The van der Waals surface area contributed by atoms with Crippen LogP contribution < -0.4 is 65.5 Å². The van der Waals surface area contributed by atoms with Crippen molar-refractivity contribution in [2.45, 2.75) is 134 Å². The van der Waals surface area contributed by atoms with Crippen LogP contribution in [0, 0.1) is 5.92 Å². The molecule has 8 amide bonds. The van der Waals surface area contributed by atoms with Gasteiger partial charge >= 0.3 is 11.9 Å². The number of carbonyl (C=O) groups is 10. The number of guanidine groups is 1. The molecule has 0 saturated heterocycles. The number of hydrogen-bond acceptors (Lipinski definition) is 15. The third kappa shape index (κ3) is 25.1. The second kappa shape index (κ2) is 33.9. The third-order valence-corrected chi connectivity index (χ3v) is 10.9. The topological polar surface area (TPSA) is 450 Å². The molecule has 0 aliphatic rings. The van der Waals surface area contributed by atoms with E-state index in [9.17, 15) is 53.1 Å². The number of benzene rings is 1. The predicted molar refractivity (Wildman–Crippen MR) is 269 cm³/mol. The van der Waals surface area contributed by atoms with E-state index >= 15 is 0 Å². The highest BCUT2D eigenvalue weighted by Crippen LogP contribution is 2.19. The molecule has 2 aromatic rings. The normalized spacial score (nSPS) is 13.3. The van der Waals surface area contributed by atoms with Crippen LogP contribution in [0.1, 0.15) is 97.2 Å². The second-order valence-corrected chi connectivity index (χ2v) is 17.8. The molecule has 410 valence electrons. The van der Waals surface area contributed by atoms with Gasteiger partial charge in [-0.15, -0.1) is 0 Å². The van der Waals surface area contributed by atoms with Crippen LogP contribution in [0.4, 0.5) is 0 Å². The number of nitrogens with one attached hydrogen (secondary N) is 8. The summed E-state index contributed by atoms with van der Waals surface area (Å²) in [5.41, 5.74) is 23.5. The summed E-state index contributed by atoms with van der Waals surface area (Å²) in [6.07, 6.45) is 1.03. The Morgan fingerprint density at radius 1 is 0.608 bits per heavy atom. The van der Waals surface area contributed by atoms with Gasteiger partial charge in [-0.3, -0.25) is 52.9 Å². The minimum atomic E-state index is -1.61. The Labute approximate surface area is 428 Å². The van der Waals surface area contributed by atoms with E-state index < -0.39 is 115 Å². The first-order chi connectivity index (χ1) is 35.1. The number of carboxylic acids is 2. The fraction of sp³-hybridized carbons (Fsp3) is 0.574. The average molecular weight is 1040 g/mol. The van der Waals surface area contributed by atoms with Crippen molar-refractivity contribution in [3.8, 4) is 11.3 Å². The first kappa shape index (κ1) is 62.4. The highest BCUT2D eigenvalue weighted by atomic mass is 16.5. The lowest BCUT2D eigenvalue weighted by Gasteiger charge is -2.27. The number of rotatable bonds is 36. The summed E-state index contributed by atoms with van der Waals surface area (Å²) < 4.78 is 5.35. The first-order valence-electron chi connectivity index (χ1n) is 24.4. The molecule has 27 heteroatoms. The summed E-state index contributed by atoms with van der Waals surface area (Å²) in [6.45, 7) is 4.14. The summed E-state index contributed by atoms with van der Waals surface area (Å²) in [4.78, 5) is 134. The van der Waals surface area contributed by atoms with E-state index in [1.54, 1.807) is 19.9 Å². The molecule has 1 aromatic carbocycles. The van der Waals surface area contributed by atoms with E-state index in [2.05, 4.69) is 52.7 Å². The van der Waals surface area contributed by atoms with Crippen LogP contribution in [0.5, 0.6) is 0 Å². The van der Waals surface area contributed by atoms with Crippen LogP contribution in [-0.2, 0) is 54.4 Å². The Bertz CT molecular complexity index is 2200. The maximum absolute atomic E-state index is 14.1. The Kier molecular flexibility index (Phi) is 28.6. The maximum Gasteiger partial charge on any atom is 0.322 e. The molecule has 0 aliphatic heterocycles. The van der Waals surface area contributed by atoms with E-state index in [0.717, 1.165) is 5.56 Å². The number of aliphatic imine (C=N–C) groups is 1. The van der Waals surface area contributed by atoms with Crippen molar-refractivity contribution in [3.63, 3.8) is 0 Å². The van der Waals surface area contributed by atoms with Crippen molar-refractivity contribution < 1.29 is 62.7 Å². The van der Waals surface area contributed by atoms with Gasteiger partial charge in [0, 0.05) is 31.0 Å². The summed E-state index contributed by atoms with van der Waals surface area (Å²) in [7, 11) is 0. The highest BCUT2D eigenvalue weighted by Gasteiger charge is 2.33. The van der Waals surface area contributed by atoms with Gasteiger partial charge in [-0.05, 0) is 83.7 Å². The SMILES string of the molecule is CC(C)C[C@@H](NC(=O)[C@H](CC(=O)O)NC(=O)CCc1cc(-c2ccccc2)no1)C(=O)N[C@H](CCCN=C(N)N)C(=O)N[C@H](CCCCN)C(=O)N[C@H](C)C(=O)NCC(=O)N[C@H](CCCCN)C(=O)NCC(=O)O. The van der Waals surface area contributed by atoms with Crippen molar-refractivity contribution in [2.75, 3.05) is 32.7 Å². The van der Waals surface area contributed by atoms with E-state index in [0.29, 0.717) is 43.7 Å². The number of nitrogens with two attached hydrogens (primary N) is 4. The molecule has 74 heavy (non-hydrogen) atoms. The largest absolute Gasteiger partial charge is 0.481 e. The number of aromatic nitrogens is 1. The molecule has 0 spiro atoms. The van der Waals surface area contributed by atoms with Crippen LogP contribution in [0.15, 0.2) is 45.9 Å². The minimum Gasteiger partial charge on any atom is -0.481 e. The number of aryl methyl sites for hydroxylation is 1. The summed E-state index contributed by atoms with van der Waals surface area (Å²) in [6, 6.07) is 2.81. The third-order valence-electron chi connectivity index (χ3n) is 10.9. The lowest BCUT2D eigenvalue weighted by molar-refractivity contribution is -0.141. The molecule has 0 aliphatic carbocycles. The van der Waals surface area contributed by atoms with Crippen molar-refractivity contribution >= 4 is 65.2 Å². The molecule has 0 radical (unpaired) electrons. The molecule has 0 fully saturated rings. The molecular weight excluding hydrogens is 969 g/mol. The van der Waals surface area contributed by atoms with Gasteiger partial charge < -0.3 is 80.2 Å². The highest BCUT2D eigenvalue weighted by molar-refractivity contribution is 5.97. The molecule has 18 N–H and O–H groups in total. The Morgan fingerprint density at radius 3 is 1.70 bits per heavy atom. The molecule has 2 rings (SSSR count). The van der Waals surface area contributed by atoms with Crippen LogP contribution in [-0.4, -0.2) is 150 Å². The lowest BCUT2D eigenvalue weighted by atomic mass is 10.0. The standard InChI is InChI=1S/C47H74N14O13/c1-27(2)22-35(60-46(73)36(24-39(64)65)57-37(62)18-17-30-23-34(61-74-30)29-12-5-4-6-13-29)45(72)59-33(16-11-21-52-47(50)51)44(71)58-32(15-8-10-20-49)43(70)55-28(3)41(68)53-25-38(63)56-31(14-7-9-19-48)42(69)54-26-40(66)67/h4-6,12-13,23,27-28,31-33,35-36H,7-11,14-22,24-26,48-49H2,1-3H3,(H,53,68)(H,54,69)(H,55,70)(H,56,63)(H,57,62)(H,58,71)(H,59,72)(H,60,73)(H,64,65)(H,66,67)(H4,50,51,52)/t28-,31-,32-,33-,35-,36+/m1/s1. The molecule has 6 atom stereocenters. The smallest absolute Gasteiger partial charge is 0.322 e. The van der Waals surface area contributed by atoms with E-state index in [1.165, 1.54) is 6.92 Å². The number of nitrogens with zero attached hydrogens (tertiary/aromatic N) is 2. The molecule has 1 aromatic heterocycles. The number of hydrogen-bond donors (Lipinski definition) is 14. The fourth-order valence-corrected chi connectivity index (χ4v) is 7.11. The maximum atomic E-state index is 14.1. The minimum absolute atomic E-state index is 0.00607. The van der Waals surface area contributed by atoms with E-state index in [1.807, 2.05) is 30.3 Å². The summed E-state index contributed by atoms with van der Waals surface area (Å²) in [5, 5.41) is 42.3. The molecule has 27 nitrogen and oxygen atoms in total. The number of unbranched alkanes of at least 4 members (excludes halogenated alkanes) is 2. The van der Waals surface area contributed by atoms with Gasteiger partial charge in [0.1, 0.15) is 54.2 Å². The fourth-order valence-electron chi connectivity index (χ4n) is 7.11. The van der Waals surface area contributed by atoms with Crippen molar-refractivity contribution in [2.24, 2.45) is 33.8 Å². The summed E-state index contributed by atoms with van der Waals surface area (Å²) in [5.74, 6) is -9.31. The quantitative estimate of drug-likeness (QED) is 0.0188. The number of carbonyl (C=O) groups excluding carboxylic acids is 8. The van der Waals surface area contributed by atoms with Crippen molar-refractivity contribution in [1.29, 1.82) is 0 Å². The lowest BCUT2D eigenvalue weighted by Crippen LogP contribution is -2.59. The number of carboxylic acid groups (broad SMARTS) is 2. The Balaban J connectivity index is 2.22. The zero-order chi connectivity index (χ0) is 55.2. The molecule has 0 bridgehead atoms. The van der Waals surface area contributed by atoms with Gasteiger partial charge in [-0.25, -0.2) is 0 Å². The Hall–Kier alpha value is -7.68. The molecule has 1 heterocycles. The molecular formula is C47H74N14O13. The van der Waals surface area contributed by atoms with Gasteiger partial charge in [-0.2, -0.15) is 0 Å². The van der Waals surface area contributed by atoms with Gasteiger partial charge in [0.2, 0.25) is 47.3 Å². The molecule has 0 unspecified atom stereocenters. The van der Waals surface area contributed by atoms with Gasteiger partial charge in [-0.1, -0.05) is 49.3 Å². The van der Waals surface area contributed by atoms with Crippen LogP contribution in [0.2, 0.25) is 0 Å². The number of aliphatic carboxylic acids is 2. The van der Waals surface area contributed by atoms with Crippen molar-refractivity contribution in [1.82, 2.24) is 47.7 Å². The van der Waals surface area contributed by atoms with Crippen LogP contribution >= 0.6 is 0 Å². The zero-order valence-corrected chi connectivity index (χ0v) is 42.1. The number of amides is 8. The summed E-state index contributed by atoms with van der Waals surface area (Å²) >= 11 is 0. The van der Waals surface area contributed by atoms with Gasteiger partial charge in [0.05, 0.1) is 13.0 Å². The molecule has 0 saturated carbocycles. The average Bonchev–Trinajstić information content (AvgIpc) is 3.83. The van der Waals surface area contributed by atoms with Gasteiger partial charge in [0.25, 0.3) is 0 Å². The van der Waals surface area contributed by atoms with Crippen LogP contribution in [0.3, 0.4) is 0 Å². The van der Waals surface area contributed by atoms with Crippen molar-refractivity contribution in [3.05, 3.63) is 42.2 Å². The second-order valence-electron chi connectivity index (χ2n) is 17.8.